The van der Waals surface area contributed by atoms with Crippen LogP contribution in [0.3, 0.4) is 0 Å². The predicted octanol–water partition coefficient (Wildman–Crippen LogP) is 4.79. The smallest absolute Gasteiger partial charge is 0.427 e. The number of fused-ring (bicyclic) bond motifs is 1. The molecule has 0 aliphatic carbocycles. The minimum Gasteiger partial charge on any atom is -0.443 e. The highest BCUT2D eigenvalue weighted by molar-refractivity contribution is 6.33. The molecule has 0 aliphatic rings. The second-order valence-electron chi connectivity index (χ2n) is 9.11. The topological polar surface area (TPSA) is 109 Å². The van der Waals surface area contributed by atoms with E-state index in [-0.39, 0.29) is 28.9 Å². The summed E-state index contributed by atoms with van der Waals surface area (Å²) in [6, 6.07) is 9.48. The van der Waals surface area contributed by atoms with Gasteiger partial charge in [-0.25, -0.2) is 14.6 Å². The van der Waals surface area contributed by atoms with Crippen LogP contribution in [-0.4, -0.2) is 43.1 Å². The summed E-state index contributed by atoms with van der Waals surface area (Å²) < 4.78 is 12.0. The number of aromatic nitrogens is 4. The number of benzene rings is 1. The molecule has 0 unspecified atom stereocenters. The van der Waals surface area contributed by atoms with Gasteiger partial charge in [-0.3, -0.25) is 0 Å². The highest BCUT2D eigenvalue weighted by Crippen LogP contribution is 2.25. The van der Waals surface area contributed by atoms with E-state index in [1.165, 1.54) is 11.1 Å². The van der Waals surface area contributed by atoms with Gasteiger partial charge in [-0.05, 0) is 47.1 Å². The third-order valence-corrected chi connectivity index (χ3v) is 4.14. The van der Waals surface area contributed by atoms with Crippen LogP contribution in [0.4, 0.5) is 15.5 Å². The average molecular weight is 476 g/mol. The maximum atomic E-state index is 12.9. The van der Waals surface area contributed by atoms with Crippen molar-refractivity contribution in [1.82, 2.24) is 19.7 Å². The number of imide groups is 1. The first-order valence-electron chi connectivity index (χ1n) is 10.2. The van der Waals surface area contributed by atoms with Crippen molar-refractivity contribution in [3.63, 3.8) is 0 Å². The number of carbonyl (C=O) groups excluding carboxylic acids is 2. The van der Waals surface area contributed by atoms with Crippen LogP contribution in [0.5, 0.6) is 0 Å². The third kappa shape index (κ3) is 6.32. The van der Waals surface area contributed by atoms with E-state index in [9.17, 15) is 9.59 Å². The van der Waals surface area contributed by atoms with Crippen molar-refractivity contribution in [3.8, 4) is 0 Å². The van der Waals surface area contributed by atoms with Crippen molar-refractivity contribution in [3.05, 3.63) is 47.4 Å². The Morgan fingerprint density at radius 2 is 1.55 bits per heavy atom. The van der Waals surface area contributed by atoms with Crippen molar-refractivity contribution in [2.75, 3.05) is 4.90 Å². The number of imidazole rings is 1. The molecule has 10 nitrogen and oxygen atoms in total. The van der Waals surface area contributed by atoms with Crippen LogP contribution in [0.25, 0.3) is 11.2 Å². The Morgan fingerprint density at radius 3 is 2.09 bits per heavy atom. The van der Waals surface area contributed by atoms with E-state index in [0.29, 0.717) is 4.90 Å². The monoisotopic (exact) mass is 475 g/mol. The maximum absolute atomic E-state index is 12.9. The van der Waals surface area contributed by atoms with Crippen LogP contribution in [0.2, 0.25) is 5.15 Å². The molecule has 0 bridgehead atoms. The molecule has 2 heterocycles. The van der Waals surface area contributed by atoms with Gasteiger partial charge in [0.05, 0.1) is 0 Å². The molecule has 0 N–H and O–H groups in total. The SMILES string of the molecule is CC(C)(C)OC(=O)N(C(=O)OC(C)(C)C)c1nc(Cl)c2ncn(OCc3ccccc3)c2n1. The fourth-order valence-electron chi connectivity index (χ4n) is 2.60. The number of carbonyl (C=O) groups is 2. The van der Waals surface area contributed by atoms with E-state index in [0.717, 1.165) is 5.56 Å². The summed E-state index contributed by atoms with van der Waals surface area (Å²) in [4.78, 5) is 44.7. The second-order valence-corrected chi connectivity index (χ2v) is 9.47. The zero-order valence-corrected chi connectivity index (χ0v) is 20.1. The highest BCUT2D eigenvalue weighted by atomic mass is 35.5. The highest BCUT2D eigenvalue weighted by Gasteiger charge is 2.35. The lowest BCUT2D eigenvalue weighted by Crippen LogP contribution is -2.44. The predicted molar refractivity (Wildman–Crippen MR) is 122 cm³/mol. The summed E-state index contributed by atoms with van der Waals surface area (Å²) in [5.74, 6) is -0.332. The standard InChI is InChI=1S/C22H26ClN5O5/c1-21(2,3)32-19(29)28(20(30)33-22(4,5)6)18-25-16(23)15-17(26-18)27(13-24-15)31-12-14-10-8-7-9-11-14/h7-11,13H,12H2,1-6H3. The number of nitrogens with zero attached hydrogens (tertiary/aromatic N) is 5. The maximum Gasteiger partial charge on any atom is 0.427 e. The Bertz CT molecular complexity index is 1120. The number of rotatable bonds is 4. The Hall–Kier alpha value is -3.40. The summed E-state index contributed by atoms with van der Waals surface area (Å²) in [5.41, 5.74) is -0.443. The van der Waals surface area contributed by atoms with Gasteiger partial charge in [0.15, 0.2) is 5.15 Å². The normalized spacial score (nSPS) is 11.8. The number of hydrogen-bond donors (Lipinski definition) is 0. The molecule has 33 heavy (non-hydrogen) atoms. The molecule has 0 aliphatic heterocycles. The van der Waals surface area contributed by atoms with Gasteiger partial charge in [0, 0.05) is 0 Å². The van der Waals surface area contributed by atoms with Crippen LogP contribution in [0.1, 0.15) is 47.1 Å². The minimum absolute atomic E-state index is 0.0748. The number of halogens is 1. The molecule has 11 heteroatoms. The molecule has 0 spiro atoms. The van der Waals surface area contributed by atoms with Gasteiger partial charge in [0.1, 0.15) is 29.7 Å². The third-order valence-electron chi connectivity index (χ3n) is 3.88. The van der Waals surface area contributed by atoms with Crippen molar-refractivity contribution in [2.24, 2.45) is 0 Å². The molecule has 1 aromatic carbocycles. The van der Waals surface area contributed by atoms with Gasteiger partial charge >= 0.3 is 12.2 Å². The summed E-state index contributed by atoms with van der Waals surface area (Å²) in [6.45, 7) is 10.2. The zero-order chi connectivity index (χ0) is 24.4. The van der Waals surface area contributed by atoms with Gasteiger partial charge in [0.2, 0.25) is 11.6 Å². The Kier molecular flexibility index (Phi) is 6.78. The lowest BCUT2D eigenvalue weighted by atomic mass is 10.2. The zero-order valence-electron chi connectivity index (χ0n) is 19.3. The van der Waals surface area contributed by atoms with Crippen LogP contribution in [0, 0.1) is 0 Å². The lowest BCUT2D eigenvalue weighted by molar-refractivity contribution is 0.0427. The first-order chi connectivity index (χ1) is 15.3. The molecule has 0 atom stereocenters. The van der Waals surface area contributed by atoms with Crippen LogP contribution >= 0.6 is 11.6 Å². The first kappa shape index (κ1) is 24.2. The van der Waals surface area contributed by atoms with E-state index in [4.69, 9.17) is 25.9 Å². The molecule has 0 saturated heterocycles. The Morgan fingerprint density at radius 1 is 0.970 bits per heavy atom. The van der Waals surface area contributed by atoms with Crippen LogP contribution in [-0.2, 0) is 16.1 Å². The quantitative estimate of drug-likeness (QED) is 0.495. The van der Waals surface area contributed by atoms with Crippen molar-refractivity contribution < 1.29 is 23.9 Å². The van der Waals surface area contributed by atoms with Crippen molar-refractivity contribution >= 4 is 40.9 Å². The molecule has 0 fully saturated rings. The summed E-state index contributed by atoms with van der Waals surface area (Å²) in [6.07, 6.45) is -0.643. The van der Waals surface area contributed by atoms with Gasteiger partial charge in [-0.15, -0.1) is 4.90 Å². The molecule has 3 rings (SSSR count). The van der Waals surface area contributed by atoms with Crippen LogP contribution in [0.15, 0.2) is 36.7 Å². The van der Waals surface area contributed by atoms with Gasteiger partial charge < -0.3 is 14.3 Å². The van der Waals surface area contributed by atoms with E-state index >= 15 is 0 Å². The summed E-state index contributed by atoms with van der Waals surface area (Å²) in [7, 11) is 0. The Labute approximate surface area is 196 Å². The fraction of sp³-hybridized carbons (Fsp3) is 0.409. The van der Waals surface area contributed by atoms with E-state index in [1.54, 1.807) is 41.5 Å². The van der Waals surface area contributed by atoms with Crippen LogP contribution < -0.4 is 9.74 Å². The molecule has 0 radical (unpaired) electrons. The number of anilines is 1. The largest absolute Gasteiger partial charge is 0.443 e. The summed E-state index contributed by atoms with van der Waals surface area (Å²) in [5, 5.41) is -0.0748. The van der Waals surface area contributed by atoms with E-state index in [2.05, 4.69) is 15.0 Å². The fourth-order valence-corrected chi connectivity index (χ4v) is 2.81. The molecule has 2 aromatic heterocycles. The van der Waals surface area contributed by atoms with E-state index in [1.807, 2.05) is 30.3 Å². The minimum atomic E-state index is -1.01. The van der Waals surface area contributed by atoms with E-state index < -0.39 is 23.4 Å². The van der Waals surface area contributed by atoms with Gasteiger partial charge in [0.25, 0.3) is 0 Å². The van der Waals surface area contributed by atoms with Crippen molar-refractivity contribution in [1.29, 1.82) is 0 Å². The number of ether oxygens (including phenoxy) is 2. The second kappa shape index (κ2) is 9.22. The van der Waals surface area contributed by atoms with Gasteiger partial charge in [-0.2, -0.15) is 14.7 Å². The molecule has 0 saturated carbocycles. The number of hydrogen-bond acceptors (Lipinski definition) is 8. The molecule has 2 amide bonds. The average Bonchev–Trinajstić information content (AvgIpc) is 3.08. The molecule has 3 aromatic rings. The first-order valence-corrected chi connectivity index (χ1v) is 10.6. The lowest BCUT2D eigenvalue weighted by Gasteiger charge is -2.27. The molecular weight excluding hydrogens is 450 g/mol. The summed E-state index contributed by atoms with van der Waals surface area (Å²) >= 11 is 6.30. The van der Waals surface area contributed by atoms with Gasteiger partial charge in [-0.1, -0.05) is 41.9 Å². The Balaban J connectivity index is 2.00. The molecular formula is C22H26ClN5O5. The van der Waals surface area contributed by atoms with Crippen molar-refractivity contribution in [2.45, 2.75) is 59.4 Å². The molecule has 176 valence electrons. The number of amides is 2.